The van der Waals surface area contributed by atoms with E-state index in [0.717, 1.165) is 10.9 Å². The van der Waals surface area contributed by atoms with Gasteiger partial charge in [-0.2, -0.15) is 0 Å². The van der Waals surface area contributed by atoms with Crippen molar-refractivity contribution in [3.05, 3.63) is 64.3 Å². The van der Waals surface area contributed by atoms with Crippen molar-refractivity contribution in [3.8, 4) is 5.75 Å². The Morgan fingerprint density at radius 1 is 1.29 bits per heavy atom. The Bertz CT molecular complexity index is 892. The topological polar surface area (TPSA) is 75.7 Å². The average molecular weight is 280 g/mol. The first-order chi connectivity index (χ1) is 10.1. The number of benzene rings is 1. The molecule has 1 N–H and O–H groups in total. The minimum absolute atomic E-state index is 0.0292. The van der Waals surface area contributed by atoms with Crippen LogP contribution in [0.4, 0.5) is 5.69 Å². The number of hydrogen-bond acceptors (Lipinski definition) is 5. The molecule has 5 nitrogen and oxygen atoms in total. The lowest BCUT2D eigenvalue weighted by molar-refractivity contribution is 0.433. The van der Waals surface area contributed by atoms with Crippen LogP contribution in [0, 0.1) is 6.92 Å². The largest absolute Gasteiger partial charge is 0.507 e. The molecule has 2 aromatic heterocycles. The molecule has 0 spiro atoms. The minimum Gasteiger partial charge on any atom is -0.507 e. The summed E-state index contributed by atoms with van der Waals surface area (Å²) in [6.07, 6.45) is 3.01. The van der Waals surface area contributed by atoms with Crippen LogP contribution in [0.2, 0.25) is 0 Å². The highest BCUT2D eigenvalue weighted by atomic mass is 16.4. The van der Waals surface area contributed by atoms with E-state index in [0.29, 0.717) is 11.4 Å². The van der Waals surface area contributed by atoms with Crippen LogP contribution in [0.25, 0.3) is 10.9 Å². The van der Waals surface area contributed by atoms with Crippen LogP contribution in [0.3, 0.4) is 0 Å². The molecule has 0 bridgehead atoms. The van der Waals surface area contributed by atoms with Gasteiger partial charge in [0.1, 0.15) is 17.1 Å². The van der Waals surface area contributed by atoms with Gasteiger partial charge in [0.25, 0.3) is 0 Å². The molecule has 0 aliphatic rings. The zero-order valence-corrected chi connectivity index (χ0v) is 11.3. The van der Waals surface area contributed by atoms with Crippen molar-refractivity contribution in [2.45, 2.75) is 6.92 Å². The van der Waals surface area contributed by atoms with Crippen molar-refractivity contribution in [3.63, 3.8) is 0 Å². The van der Waals surface area contributed by atoms with Gasteiger partial charge < -0.3 is 9.52 Å². The summed E-state index contributed by atoms with van der Waals surface area (Å²) in [5.41, 5.74) is 0.892. The molecule has 0 aliphatic carbocycles. The van der Waals surface area contributed by atoms with Gasteiger partial charge in [0.15, 0.2) is 0 Å². The van der Waals surface area contributed by atoms with E-state index >= 15 is 0 Å². The lowest BCUT2D eigenvalue weighted by atomic mass is 10.2. The second kappa shape index (κ2) is 5.20. The third kappa shape index (κ3) is 2.53. The number of nitrogens with zero attached hydrogens (tertiary/aromatic N) is 2. The van der Waals surface area contributed by atoms with Crippen LogP contribution in [0.15, 0.2) is 56.8 Å². The molecule has 0 unspecified atom stereocenters. The van der Waals surface area contributed by atoms with Crippen LogP contribution in [-0.2, 0) is 0 Å². The van der Waals surface area contributed by atoms with Crippen molar-refractivity contribution in [2.75, 3.05) is 0 Å². The summed E-state index contributed by atoms with van der Waals surface area (Å²) < 4.78 is 4.95. The number of pyridine rings is 1. The van der Waals surface area contributed by atoms with Crippen LogP contribution >= 0.6 is 0 Å². The molecule has 3 rings (SSSR count). The summed E-state index contributed by atoms with van der Waals surface area (Å²) in [5.74, 6) is 0.204. The normalized spacial score (nSPS) is 11.3. The number of rotatable bonds is 2. The van der Waals surface area contributed by atoms with E-state index in [9.17, 15) is 9.90 Å². The maximum Gasteiger partial charge on any atom is 0.348 e. The van der Waals surface area contributed by atoms with Crippen molar-refractivity contribution in [1.29, 1.82) is 0 Å². The molecule has 3 aromatic rings. The molecule has 21 heavy (non-hydrogen) atoms. The van der Waals surface area contributed by atoms with Crippen molar-refractivity contribution >= 4 is 22.8 Å². The third-order valence-electron chi connectivity index (χ3n) is 3.04. The van der Waals surface area contributed by atoms with E-state index in [1.807, 2.05) is 30.3 Å². The fraction of sp³-hybridized carbons (Fsp3) is 0.0625. The Balaban J connectivity index is 2.09. The quantitative estimate of drug-likeness (QED) is 0.732. The molecule has 0 fully saturated rings. The van der Waals surface area contributed by atoms with Gasteiger partial charge in [-0.25, -0.2) is 4.79 Å². The first kappa shape index (κ1) is 13.1. The first-order valence-electron chi connectivity index (χ1n) is 6.36. The van der Waals surface area contributed by atoms with Crippen LogP contribution in [0.1, 0.15) is 11.3 Å². The lowest BCUT2D eigenvalue weighted by Gasteiger charge is -2.01. The summed E-state index contributed by atoms with van der Waals surface area (Å²) in [7, 11) is 0. The smallest absolute Gasteiger partial charge is 0.348 e. The Morgan fingerprint density at radius 2 is 2.14 bits per heavy atom. The summed E-state index contributed by atoms with van der Waals surface area (Å²) in [6.45, 7) is 1.60. The molecule has 0 amide bonds. The van der Waals surface area contributed by atoms with Crippen LogP contribution in [0.5, 0.6) is 5.75 Å². The monoisotopic (exact) mass is 280 g/mol. The highest BCUT2D eigenvalue weighted by Crippen LogP contribution is 2.24. The van der Waals surface area contributed by atoms with E-state index in [1.54, 1.807) is 13.1 Å². The zero-order valence-electron chi connectivity index (χ0n) is 11.3. The van der Waals surface area contributed by atoms with E-state index in [1.165, 1.54) is 12.3 Å². The fourth-order valence-electron chi connectivity index (χ4n) is 2.06. The maximum atomic E-state index is 11.7. The fourth-order valence-corrected chi connectivity index (χ4v) is 2.06. The Morgan fingerprint density at radius 3 is 2.95 bits per heavy atom. The van der Waals surface area contributed by atoms with E-state index in [4.69, 9.17) is 4.42 Å². The molecule has 1 aromatic carbocycles. The van der Waals surface area contributed by atoms with Gasteiger partial charge in [0.2, 0.25) is 0 Å². The highest BCUT2D eigenvalue weighted by molar-refractivity contribution is 5.93. The second-order valence-corrected chi connectivity index (χ2v) is 4.55. The molecule has 104 valence electrons. The van der Waals surface area contributed by atoms with Crippen molar-refractivity contribution in [2.24, 2.45) is 4.99 Å². The number of aromatic nitrogens is 1. The number of fused-ring (bicyclic) bond motifs is 1. The summed E-state index contributed by atoms with van der Waals surface area (Å²) >= 11 is 0. The standard InChI is InChI=1S/C16H12N2O3/c1-10-8-15(19)12(16(20)21-10)9-18-14-6-2-5-13-11(14)4-3-7-17-13/h2-9,19H,1H3. The van der Waals surface area contributed by atoms with Gasteiger partial charge in [0, 0.05) is 23.9 Å². The number of aryl methyl sites for hydroxylation is 1. The van der Waals surface area contributed by atoms with Gasteiger partial charge >= 0.3 is 5.63 Å². The summed E-state index contributed by atoms with van der Waals surface area (Å²) in [5, 5.41) is 10.7. The molecule has 0 radical (unpaired) electrons. The molecule has 0 aliphatic heterocycles. The first-order valence-corrected chi connectivity index (χ1v) is 6.36. The Hall–Kier alpha value is -2.95. The van der Waals surface area contributed by atoms with Gasteiger partial charge in [-0.05, 0) is 31.2 Å². The van der Waals surface area contributed by atoms with E-state index < -0.39 is 5.63 Å². The van der Waals surface area contributed by atoms with Gasteiger partial charge in [-0.15, -0.1) is 0 Å². The van der Waals surface area contributed by atoms with Gasteiger partial charge in [-0.3, -0.25) is 9.98 Å². The van der Waals surface area contributed by atoms with Gasteiger partial charge in [-0.1, -0.05) is 6.07 Å². The van der Waals surface area contributed by atoms with Crippen LogP contribution in [-0.4, -0.2) is 16.3 Å². The predicted molar refractivity (Wildman–Crippen MR) is 80.4 cm³/mol. The Kier molecular flexibility index (Phi) is 3.23. The molecular formula is C16H12N2O3. The molecule has 2 heterocycles. The maximum absolute atomic E-state index is 11.7. The van der Waals surface area contributed by atoms with Gasteiger partial charge in [0.05, 0.1) is 11.2 Å². The predicted octanol–water partition coefficient (Wildman–Crippen LogP) is 2.95. The molecule has 0 saturated heterocycles. The zero-order chi connectivity index (χ0) is 14.8. The summed E-state index contributed by atoms with van der Waals surface area (Å²) in [6, 6.07) is 10.6. The van der Waals surface area contributed by atoms with E-state index in [2.05, 4.69) is 9.98 Å². The average Bonchev–Trinajstić information content (AvgIpc) is 2.46. The number of aliphatic imine (C=N–C) groups is 1. The Labute approximate surface area is 120 Å². The number of hydrogen-bond donors (Lipinski definition) is 1. The van der Waals surface area contributed by atoms with Crippen molar-refractivity contribution in [1.82, 2.24) is 4.98 Å². The second-order valence-electron chi connectivity index (χ2n) is 4.55. The highest BCUT2D eigenvalue weighted by Gasteiger charge is 2.07. The third-order valence-corrected chi connectivity index (χ3v) is 3.04. The molecular weight excluding hydrogens is 268 g/mol. The minimum atomic E-state index is -0.616. The lowest BCUT2D eigenvalue weighted by Crippen LogP contribution is -2.07. The van der Waals surface area contributed by atoms with Crippen molar-refractivity contribution < 1.29 is 9.52 Å². The van der Waals surface area contributed by atoms with E-state index in [-0.39, 0.29) is 11.3 Å². The van der Waals surface area contributed by atoms with Crippen LogP contribution < -0.4 is 5.63 Å². The number of aromatic hydroxyl groups is 1. The molecule has 0 atom stereocenters. The molecule has 5 heteroatoms. The summed E-state index contributed by atoms with van der Waals surface area (Å²) in [4.78, 5) is 20.2. The molecule has 0 saturated carbocycles. The SMILES string of the molecule is Cc1cc(O)c(C=Nc2cccc3ncccc23)c(=O)o1.